The van der Waals surface area contributed by atoms with E-state index in [2.05, 4.69) is 18.3 Å². The number of rotatable bonds is 8. The van der Waals surface area contributed by atoms with E-state index in [1.54, 1.807) is 0 Å². The molecule has 1 amide bonds. The van der Waals surface area contributed by atoms with Crippen molar-refractivity contribution in [2.24, 2.45) is 5.92 Å². The molecule has 0 aliphatic carbocycles. The Labute approximate surface area is 208 Å². The van der Waals surface area contributed by atoms with Crippen molar-refractivity contribution in [2.45, 2.75) is 102 Å². The molecule has 2 N–H and O–H groups in total. The van der Waals surface area contributed by atoms with Crippen LogP contribution in [0.2, 0.25) is 0 Å². The first-order valence-corrected chi connectivity index (χ1v) is 12.5. The SMILES string of the molecule is CC(=O)OCC=CC(=O)NC1C[C@H](C)[C@H](CC=C(C)C=C[C@H]2OC(C)(C)C[C@@]3(CO3)C2O)O[C@@H]1C. The zero-order chi connectivity index (χ0) is 25.8. The molecule has 35 heavy (non-hydrogen) atoms. The van der Waals surface area contributed by atoms with Gasteiger partial charge in [-0.3, -0.25) is 9.59 Å². The number of aliphatic hydroxyl groups excluding tert-OH is 1. The van der Waals surface area contributed by atoms with Crippen molar-refractivity contribution in [1.82, 2.24) is 5.32 Å². The molecule has 7 atom stereocenters. The standard InChI is InChI=1S/C27H41NO7/c1-17(10-12-23-25(31)27(16-33-27)15-26(5,6)35-23)9-11-22-18(2)14-21(19(3)34-22)28-24(30)8-7-13-32-20(4)29/h7-10,12,18-19,21-23,25,31H,11,13-16H2,1-6H3,(H,28,30)/t18-,19+,21?,22-,23+,25?,27+/m0/s1. The van der Waals surface area contributed by atoms with Gasteiger partial charge in [0, 0.05) is 19.4 Å². The average Bonchev–Trinajstić information content (AvgIpc) is 3.53. The summed E-state index contributed by atoms with van der Waals surface area (Å²) in [7, 11) is 0. The number of hydrogen-bond donors (Lipinski definition) is 2. The first kappa shape index (κ1) is 27.6. The number of nitrogens with one attached hydrogen (secondary N) is 1. The average molecular weight is 492 g/mol. The second kappa shape index (κ2) is 11.4. The van der Waals surface area contributed by atoms with Crippen molar-refractivity contribution in [3.05, 3.63) is 36.0 Å². The molecule has 0 aromatic carbocycles. The van der Waals surface area contributed by atoms with Crippen LogP contribution in [0.4, 0.5) is 0 Å². The van der Waals surface area contributed by atoms with Gasteiger partial charge in [0.15, 0.2) is 0 Å². The summed E-state index contributed by atoms with van der Waals surface area (Å²) in [6.07, 6.45) is 10.1. The van der Waals surface area contributed by atoms with Crippen molar-refractivity contribution in [3.63, 3.8) is 0 Å². The van der Waals surface area contributed by atoms with E-state index in [4.69, 9.17) is 18.9 Å². The van der Waals surface area contributed by atoms with E-state index in [0.717, 1.165) is 18.4 Å². The van der Waals surface area contributed by atoms with Crippen molar-refractivity contribution in [1.29, 1.82) is 0 Å². The van der Waals surface area contributed by atoms with E-state index in [1.165, 1.54) is 19.1 Å². The second-order valence-electron chi connectivity index (χ2n) is 10.8. The maximum Gasteiger partial charge on any atom is 0.302 e. The molecule has 3 aliphatic rings. The lowest BCUT2D eigenvalue weighted by atomic mass is 9.83. The number of esters is 1. The summed E-state index contributed by atoms with van der Waals surface area (Å²) in [6.45, 7) is 12.2. The Balaban J connectivity index is 1.48. The fourth-order valence-electron chi connectivity index (χ4n) is 4.99. The lowest BCUT2D eigenvalue weighted by Gasteiger charge is -2.41. The van der Waals surface area contributed by atoms with Crippen LogP contribution in [-0.2, 0) is 28.5 Å². The molecule has 0 saturated carbocycles. The summed E-state index contributed by atoms with van der Waals surface area (Å²) in [5, 5.41) is 13.7. The molecule has 0 aromatic rings. The molecule has 3 saturated heterocycles. The Hall–Kier alpha value is -2.00. The third-order valence-electron chi connectivity index (χ3n) is 6.96. The third kappa shape index (κ3) is 7.74. The van der Waals surface area contributed by atoms with Gasteiger partial charge in [0.25, 0.3) is 0 Å². The highest BCUT2D eigenvalue weighted by atomic mass is 16.6. The monoisotopic (exact) mass is 491 g/mol. The fraction of sp³-hybridized carbons (Fsp3) is 0.704. The topological polar surface area (TPSA) is 107 Å². The van der Waals surface area contributed by atoms with Crippen LogP contribution in [0.1, 0.15) is 60.8 Å². The molecule has 0 aromatic heterocycles. The lowest BCUT2D eigenvalue weighted by Crippen LogP contribution is -2.53. The van der Waals surface area contributed by atoms with Gasteiger partial charge >= 0.3 is 5.97 Å². The van der Waals surface area contributed by atoms with E-state index >= 15 is 0 Å². The number of epoxide rings is 1. The first-order chi connectivity index (χ1) is 16.4. The van der Waals surface area contributed by atoms with Crippen LogP contribution < -0.4 is 5.32 Å². The molecule has 8 heteroatoms. The molecule has 8 nitrogen and oxygen atoms in total. The van der Waals surface area contributed by atoms with Crippen LogP contribution >= 0.6 is 0 Å². The molecule has 0 radical (unpaired) electrons. The Kier molecular flexibility index (Phi) is 8.96. The van der Waals surface area contributed by atoms with Gasteiger partial charge in [-0.1, -0.05) is 30.7 Å². The molecule has 2 unspecified atom stereocenters. The van der Waals surface area contributed by atoms with Crippen molar-refractivity contribution in [2.75, 3.05) is 13.2 Å². The van der Waals surface area contributed by atoms with Gasteiger partial charge in [0.05, 0.1) is 30.5 Å². The molecule has 3 heterocycles. The zero-order valence-electron chi connectivity index (χ0n) is 21.8. The van der Waals surface area contributed by atoms with Crippen LogP contribution in [0.15, 0.2) is 36.0 Å². The Morgan fingerprint density at radius 3 is 2.57 bits per heavy atom. The smallest absolute Gasteiger partial charge is 0.302 e. The van der Waals surface area contributed by atoms with Crippen molar-refractivity contribution in [3.8, 4) is 0 Å². The summed E-state index contributed by atoms with van der Waals surface area (Å²) >= 11 is 0. The summed E-state index contributed by atoms with van der Waals surface area (Å²) < 4.78 is 22.7. The Morgan fingerprint density at radius 2 is 1.91 bits per heavy atom. The number of allylic oxidation sites excluding steroid dienone is 2. The first-order valence-electron chi connectivity index (χ1n) is 12.5. The molecule has 196 valence electrons. The van der Waals surface area contributed by atoms with Gasteiger partial charge in [-0.2, -0.15) is 0 Å². The summed E-state index contributed by atoms with van der Waals surface area (Å²) in [4.78, 5) is 22.9. The maximum atomic E-state index is 12.2. The molecule has 3 rings (SSSR count). The Bertz CT molecular complexity index is 858. The van der Waals surface area contributed by atoms with E-state index in [0.29, 0.717) is 13.0 Å². The molecular formula is C27H41NO7. The maximum absolute atomic E-state index is 12.2. The van der Waals surface area contributed by atoms with E-state index in [9.17, 15) is 14.7 Å². The number of ether oxygens (including phenoxy) is 4. The van der Waals surface area contributed by atoms with Gasteiger partial charge in [0.1, 0.15) is 24.4 Å². The predicted octanol–water partition coefficient (Wildman–Crippen LogP) is 2.99. The van der Waals surface area contributed by atoms with Crippen LogP contribution in [-0.4, -0.2) is 71.9 Å². The van der Waals surface area contributed by atoms with E-state index < -0.39 is 17.8 Å². The largest absolute Gasteiger partial charge is 0.462 e. The predicted molar refractivity (Wildman–Crippen MR) is 132 cm³/mol. The van der Waals surface area contributed by atoms with Gasteiger partial charge in [-0.15, -0.1) is 0 Å². The fourth-order valence-corrected chi connectivity index (χ4v) is 4.99. The summed E-state index contributed by atoms with van der Waals surface area (Å²) in [5.74, 6) is -0.336. The second-order valence-corrected chi connectivity index (χ2v) is 10.8. The number of aliphatic hydroxyl groups is 1. The quantitative estimate of drug-likeness (QED) is 0.233. The molecular weight excluding hydrogens is 450 g/mol. The van der Waals surface area contributed by atoms with Crippen molar-refractivity contribution >= 4 is 11.9 Å². The number of carbonyl (C=O) groups excluding carboxylic acids is 2. The van der Waals surface area contributed by atoms with Crippen LogP contribution in [0.3, 0.4) is 0 Å². The van der Waals surface area contributed by atoms with Crippen LogP contribution in [0, 0.1) is 5.92 Å². The minimum Gasteiger partial charge on any atom is -0.462 e. The van der Waals surface area contributed by atoms with Gasteiger partial charge in [-0.25, -0.2) is 0 Å². The highest BCUT2D eigenvalue weighted by Gasteiger charge is 2.60. The number of amides is 1. The van der Waals surface area contributed by atoms with E-state index in [1.807, 2.05) is 39.8 Å². The third-order valence-corrected chi connectivity index (χ3v) is 6.96. The van der Waals surface area contributed by atoms with Crippen LogP contribution in [0.25, 0.3) is 0 Å². The van der Waals surface area contributed by atoms with Crippen molar-refractivity contribution < 1.29 is 33.6 Å². The minimum absolute atomic E-state index is 0.0552. The van der Waals surface area contributed by atoms with Gasteiger partial charge < -0.3 is 29.4 Å². The van der Waals surface area contributed by atoms with Gasteiger partial charge in [0.2, 0.25) is 5.91 Å². The lowest BCUT2D eigenvalue weighted by molar-refractivity contribution is -0.171. The normalized spacial score (nSPS) is 37.1. The molecule has 3 aliphatic heterocycles. The highest BCUT2D eigenvalue weighted by Crippen LogP contribution is 2.46. The summed E-state index contributed by atoms with van der Waals surface area (Å²) in [5.41, 5.74) is 0.278. The Morgan fingerprint density at radius 1 is 1.20 bits per heavy atom. The minimum atomic E-state index is -0.661. The molecule has 1 spiro atoms. The zero-order valence-corrected chi connectivity index (χ0v) is 21.8. The molecule has 3 fully saturated rings. The summed E-state index contributed by atoms with van der Waals surface area (Å²) in [6, 6.07) is -0.0812. The highest BCUT2D eigenvalue weighted by molar-refractivity contribution is 5.87. The van der Waals surface area contributed by atoms with E-state index in [-0.39, 0.29) is 48.3 Å². The number of hydrogen-bond acceptors (Lipinski definition) is 7. The van der Waals surface area contributed by atoms with Gasteiger partial charge in [-0.05, 0) is 52.5 Å². The number of carbonyl (C=O) groups is 2. The molecule has 0 bridgehead atoms. The van der Waals surface area contributed by atoms with Crippen LogP contribution in [0.5, 0.6) is 0 Å².